The van der Waals surface area contributed by atoms with Gasteiger partial charge in [0.05, 0.1) is 11.4 Å². The number of nitrogens with zero attached hydrogens (tertiary/aromatic N) is 5. The van der Waals surface area contributed by atoms with Crippen LogP contribution in [0.3, 0.4) is 0 Å². The number of anilines is 2. The summed E-state index contributed by atoms with van der Waals surface area (Å²) in [5, 5.41) is 8.15. The molecule has 1 atom stereocenters. The van der Waals surface area contributed by atoms with Crippen LogP contribution in [0.5, 0.6) is 0 Å². The van der Waals surface area contributed by atoms with Gasteiger partial charge < -0.3 is 15.5 Å². The summed E-state index contributed by atoms with van der Waals surface area (Å²) in [4.78, 5) is 29.3. The predicted molar refractivity (Wildman–Crippen MR) is 143 cm³/mol. The second kappa shape index (κ2) is 10.2. The Bertz CT molecular complexity index is 1580. The van der Waals surface area contributed by atoms with Crippen molar-refractivity contribution in [3.63, 3.8) is 0 Å². The SMILES string of the molecule is O=C(Nc1ccc(F)cc1)N1CCCC(Nc2nccc(-c3c(-c4ccc(F)cc4)nc4sccn34)n2)C1. The van der Waals surface area contributed by atoms with E-state index in [1.807, 2.05) is 22.0 Å². The van der Waals surface area contributed by atoms with Crippen molar-refractivity contribution in [2.45, 2.75) is 18.9 Å². The Balaban J connectivity index is 1.21. The maximum absolute atomic E-state index is 13.6. The van der Waals surface area contributed by atoms with Gasteiger partial charge >= 0.3 is 6.03 Å². The molecule has 1 aliphatic heterocycles. The number of halogens is 2. The lowest BCUT2D eigenvalue weighted by Crippen LogP contribution is -2.47. The standard InChI is InChI=1S/C27H23F2N7OS/c28-18-5-3-17(4-6-18)23-24(36-14-15-38-27(36)34-23)22-11-12-30-25(33-22)31-21-2-1-13-35(16-21)26(37)32-20-9-7-19(29)8-10-20/h3-12,14-15,21H,1-2,13,16H2,(H,32,37)(H,30,31,33). The molecule has 0 aliphatic carbocycles. The number of carbonyl (C=O) groups is 1. The maximum atomic E-state index is 13.6. The summed E-state index contributed by atoms with van der Waals surface area (Å²) in [7, 11) is 0. The van der Waals surface area contributed by atoms with Crippen LogP contribution in [-0.2, 0) is 0 Å². The zero-order valence-corrected chi connectivity index (χ0v) is 21.0. The monoisotopic (exact) mass is 531 g/mol. The predicted octanol–water partition coefficient (Wildman–Crippen LogP) is 5.91. The lowest BCUT2D eigenvalue weighted by Gasteiger charge is -2.33. The van der Waals surface area contributed by atoms with Crippen LogP contribution >= 0.6 is 11.3 Å². The Kier molecular flexibility index (Phi) is 6.42. The van der Waals surface area contributed by atoms with Crippen LogP contribution in [0.1, 0.15) is 12.8 Å². The van der Waals surface area contributed by atoms with Gasteiger partial charge in [0.1, 0.15) is 17.3 Å². The normalized spacial score (nSPS) is 15.5. The minimum Gasteiger partial charge on any atom is -0.350 e. The summed E-state index contributed by atoms with van der Waals surface area (Å²) in [5.74, 6) is -0.214. The largest absolute Gasteiger partial charge is 0.350 e. The van der Waals surface area contributed by atoms with Crippen molar-refractivity contribution in [3.8, 4) is 22.6 Å². The summed E-state index contributed by atoms with van der Waals surface area (Å²) < 4.78 is 28.7. The molecule has 5 aromatic rings. The van der Waals surface area contributed by atoms with Gasteiger partial charge in [0.15, 0.2) is 4.96 Å². The Morgan fingerprint density at radius 3 is 2.55 bits per heavy atom. The number of urea groups is 1. The van der Waals surface area contributed by atoms with Crippen LogP contribution in [0, 0.1) is 11.6 Å². The van der Waals surface area contributed by atoms with Gasteiger partial charge in [0, 0.05) is 48.2 Å². The minimum absolute atomic E-state index is 0.0406. The van der Waals surface area contributed by atoms with Gasteiger partial charge in [-0.3, -0.25) is 4.40 Å². The van der Waals surface area contributed by atoms with E-state index in [1.165, 1.54) is 47.7 Å². The third-order valence-electron chi connectivity index (χ3n) is 6.42. The number of piperidine rings is 1. The number of hydrogen-bond donors (Lipinski definition) is 2. The molecule has 192 valence electrons. The molecule has 4 heterocycles. The first kappa shape index (κ1) is 24.0. The highest BCUT2D eigenvalue weighted by Gasteiger charge is 2.25. The lowest BCUT2D eigenvalue weighted by atomic mass is 10.1. The highest BCUT2D eigenvalue weighted by molar-refractivity contribution is 7.15. The molecule has 11 heteroatoms. The third kappa shape index (κ3) is 4.92. The first-order chi connectivity index (χ1) is 18.5. The Morgan fingerprint density at radius 2 is 1.76 bits per heavy atom. The molecule has 0 saturated carbocycles. The highest BCUT2D eigenvalue weighted by atomic mass is 32.1. The molecule has 6 rings (SSSR count). The van der Waals surface area contributed by atoms with E-state index < -0.39 is 0 Å². The number of rotatable bonds is 5. The van der Waals surface area contributed by atoms with E-state index in [0.29, 0.717) is 36.1 Å². The molecule has 38 heavy (non-hydrogen) atoms. The Hall–Kier alpha value is -4.38. The first-order valence-corrected chi connectivity index (χ1v) is 13.0. The van der Waals surface area contributed by atoms with Crippen molar-refractivity contribution in [3.05, 3.63) is 84.0 Å². The lowest BCUT2D eigenvalue weighted by molar-refractivity contribution is 0.196. The van der Waals surface area contributed by atoms with E-state index in [-0.39, 0.29) is 23.7 Å². The topological polar surface area (TPSA) is 87.5 Å². The van der Waals surface area contributed by atoms with Crippen molar-refractivity contribution in [2.24, 2.45) is 0 Å². The highest BCUT2D eigenvalue weighted by Crippen LogP contribution is 2.33. The second-order valence-corrected chi connectivity index (χ2v) is 9.88. The smallest absolute Gasteiger partial charge is 0.321 e. The van der Waals surface area contributed by atoms with Crippen LogP contribution in [0.25, 0.3) is 27.6 Å². The summed E-state index contributed by atoms with van der Waals surface area (Å²) in [6.45, 7) is 1.10. The molecule has 1 unspecified atom stereocenters. The van der Waals surface area contributed by atoms with E-state index >= 15 is 0 Å². The summed E-state index contributed by atoms with van der Waals surface area (Å²) in [6, 6.07) is 13.5. The summed E-state index contributed by atoms with van der Waals surface area (Å²) in [5.41, 5.74) is 3.51. The van der Waals surface area contributed by atoms with Gasteiger partial charge in [0.25, 0.3) is 0 Å². The van der Waals surface area contributed by atoms with Crippen LogP contribution in [-0.4, -0.2) is 49.4 Å². The van der Waals surface area contributed by atoms with Crippen molar-refractivity contribution < 1.29 is 13.6 Å². The van der Waals surface area contributed by atoms with Gasteiger partial charge in [-0.1, -0.05) is 0 Å². The number of amides is 2. The molecule has 2 amide bonds. The van der Waals surface area contributed by atoms with E-state index in [0.717, 1.165) is 29.1 Å². The number of likely N-dealkylation sites (tertiary alicyclic amines) is 1. The van der Waals surface area contributed by atoms with Gasteiger partial charge in [-0.05, 0) is 67.4 Å². The first-order valence-electron chi connectivity index (χ1n) is 12.2. The molecule has 0 bridgehead atoms. The molecule has 1 aliphatic rings. The van der Waals surface area contributed by atoms with Crippen molar-refractivity contribution in [2.75, 3.05) is 23.7 Å². The van der Waals surface area contributed by atoms with Gasteiger partial charge in [-0.2, -0.15) is 0 Å². The van der Waals surface area contributed by atoms with Gasteiger partial charge in [-0.15, -0.1) is 11.3 Å². The van der Waals surface area contributed by atoms with Crippen LogP contribution < -0.4 is 10.6 Å². The van der Waals surface area contributed by atoms with E-state index in [9.17, 15) is 13.6 Å². The van der Waals surface area contributed by atoms with Crippen LogP contribution in [0.15, 0.2) is 72.4 Å². The average Bonchev–Trinajstić information content (AvgIpc) is 3.52. The van der Waals surface area contributed by atoms with Gasteiger partial charge in [0.2, 0.25) is 5.95 Å². The van der Waals surface area contributed by atoms with E-state index in [2.05, 4.69) is 15.6 Å². The molecular weight excluding hydrogens is 508 g/mol. The fourth-order valence-electron chi connectivity index (χ4n) is 4.60. The number of aromatic nitrogens is 4. The van der Waals surface area contributed by atoms with E-state index in [4.69, 9.17) is 9.97 Å². The molecule has 1 fully saturated rings. The molecule has 8 nitrogen and oxygen atoms in total. The van der Waals surface area contributed by atoms with Gasteiger partial charge in [-0.25, -0.2) is 28.5 Å². The Labute approximate surface area is 221 Å². The number of thiazole rings is 1. The summed E-state index contributed by atoms with van der Waals surface area (Å²) in [6.07, 6.45) is 5.30. The number of hydrogen-bond acceptors (Lipinski definition) is 6. The average molecular weight is 532 g/mol. The number of imidazole rings is 1. The third-order valence-corrected chi connectivity index (χ3v) is 7.17. The molecule has 0 radical (unpaired) electrons. The van der Waals surface area contributed by atoms with Crippen molar-refractivity contribution >= 4 is 34.0 Å². The van der Waals surface area contributed by atoms with Crippen LogP contribution in [0.4, 0.5) is 25.2 Å². The summed E-state index contributed by atoms with van der Waals surface area (Å²) >= 11 is 1.51. The minimum atomic E-state index is -0.354. The molecule has 2 aromatic carbocycles. The fraction of sp³-hybridized carbons (Fsp3) is 0.185. The zero-order chi connectivity index (χ0) is 26.1. The number of nitrogens with one attached hydrogen (secondary N) is 2. The Morgan fingerprint density at radius 1 is 1.00 bits per heavy atom. The fourth-order valence-corrected chi connectivity index (χ4v) is 5.31. The zero-order valence-electron chi connectivity index (χ0n) is 20.1. The molecular formula is C27H23F2N7OS. The van der Waals surface area contributed by atoms with Crippen molar-refractivity contribution in [1.29, 1.82) is 0 Å². The second-order valence-electron chi connectivity index (χ2n) is 9.00. The van der Waals surface area contributed by atoms with Crippen LogP contribution in [0.2, 0.25) is 0 Å². The number of carbonyl (C=O) groups excluding carboxylic acids is 1. The molecule has 1 saturated heterocycles. The molecule has 0 spiro atoms. The maximum Gasteiger partial charge on any atom is 0.321 e. The number of benzene rings is 2. The number of fused-ring (bicyclic) bond motifs is 1. The molecule has 2 N–H and O–H groups in total. The quantitative estimate of drug-likeness (QED) is 0.295. The molecule has 3 aromatic heterocycles. The van der Waals surface area contributed by atoms with E-state index in [1.54, 1.807) is 23.2 Å². The van der Waals surface area contributed by atoms with Crippen molar-refractivity contribution in [1.82, 2.24) is 24.3 Å².